The fourth-order valence-electron chi connectivity index (χ4n) is 3.24. The molecule has 140 valence electrons. The molecule has 0 atom stereocenters. The molecule has 0 spiro atoms. The van der Waals surface area contributed by atoms with Gasteiger partial charge in [0.25, 0.3) is 0 Å². The number of carbonyl (C=O) groups is 1. The molecule has 2 aromatic heterocycles. The molecule has 0 aliphatic heterocycles. The fourth-order valence-corrected chi connectivity index (χ4v) is 3.24. The number of amides is 1. The van der Waals surface area contributed by atoms with E-state index in [0.717, 1.165) is 40.7 Å². The first kappa shape index (κ1) is 18.1. The Bertz CT molecular complexity index is 889. The minimum absolute atomic E-state index is 0.0903. The van der Waals surface area contributed by atoms with Gasteiger partial charge in [0.1, 0.15) is 11.4 Å². The molecule has 26 heavy (non-hydrogen) atoms. The second-order valence-electron chi connectivity index (χ2n) is 6.66. The minimum atomic E-state index is -0.627. The zero-order valence-corrected chi connectivity index (χ0v) is 15.6. The van der Waals surface area contributed by atoms with Crippen LogP contribution in [0.3, 0.4) is 0 Å². The van der Waals surface area contributed by atoms with E-state index < -0.39 is 11.7 Å². The van der Waals surface area contributed by atoms with Crippen LogP contribution in [0.25, 0.3) is 5.69 Å². The van der Waals surface area contributed by atoms with Crippen LogP contribution in [0.2, 0.25) is 0 Å². The molecular weight excluding hydrogens is 336 g/mol. The van der Waals surface area contributed by atoms with Gasteiger partial charge in [-0.3, -0.25) is 4.90 Å². The van der Waals surface area contributed by atoms with E-state index in [1.54, 1.807) is 11.8 Å². The summed E-state index contributed by atoms with van der Waals surface area (Å²) in [7, 11) is 0. The second kappa shape index (κ2) is 7.27. The van der Waals surface area contributed by atoms with Gasteiger partial charge in [0, 0.05) is 11.7 Å². The Labute approximate surface area is 151 Å². The third-order valence-electron chi connectivity index (χ3n) is 4.51. The van der Waals surface area contributed by atoms with E-state index in [1.807, 2.05) is 20.8 Å². The van der Waals surface area contributed by atoms with Crippen LogP contribution in [-0.4, -0.2) is 41.9 Å². The largest absolute Gasteiger partial charge is 0.377 e. The van der Waals surface area contributed by atoms with Crippen molar-refractivity contribution in [2.24, 2.45) is 0 Å². The molecule has 0 radical (unpaired) electrons. The Hall–Kier alpha value is -2.71. The molecule has 3 rings (SSSR count). The lowest BCUT2D eigenvalue weighted by Crippen LogP contribution is -2.44. The molecule has 9 heteroatoms. The van der Waals surface area contributed by atoms with Crippen molar-refractivity contribution < 1.29 is 9.32 Å². The molecule has 1 aliphatic carbocycles. The van der Waals surface area contributed by atoms with Crippen molar-refractivity contribution >= 4 is 6.03 Å². The zero-order valence-electron chi connectivity index (χ0n) is 15.6. The summed E-state index contributed by atoms with van der Waals surface area (Å²) < 4.78 is 7.04. The normalized spacial score (nSPS) is 14.6. The second-order valence-corrected chi connectivity index (χ2v) is 6.66. The number of hydrogen-bond acceptors (Lipinski definition) is 6. The standard InChI is InChI=1S/C17H24N6O3/c1-5-14-15(12(4)26-18-14)22-17(25)23(20-19-22)16(24)21(11(2)3)13-9-7-6-8-10-13/h9,11H,5-8,10H2,1-4H3. The number of aryl methyl sites for hydroxylation is 2. The van der Waals surface area contributed by atoms with Gasteiger partial charge in [-0.15, -0.1) is 4.68 Å². The number of carbonyl (C=O) groups excluding carboxylic acids is 1. The SMILES string of the molecule is CCc1noc(C)c1-n1nnn(C(=O)N(C2=CCCCC2)C(C)C)c1=O. The van der Waals surface area contributed by atoms with Gasteiger partial charge >= 0.3 is 11.7 Å². The van der Waals surface area contributed by atoms with Gasteiger partial charge in [-0.05, 0) is 63.3 Å². The van der Waals surface area contributed by atoms with Crippen LogP contribution in [0.5, 0.6) is 0 Å². The van der Waals surface area contributed by atoms with E-state index >= 15 is 0 Å². The Morgan fingerprint density at radius 3 is 2.73 bits per heavy atom. The molecule has 1 aliphatic rings. The Balaban J connectivity index is 2.01. The molecule has 0 saturated heterocycles. The molecule has 0 fully saturated rings. The highest BCUT2D eigenvalue weighted by molar-refractivity contribution is 5.77. The molecule has 1 amide bonds. The first-order valence-electron chi connectivity index (χ1n) is 8.98. The minimum Gasteiger partial charge on any atom is -0.359 e. The first-order valence-corrected chi connectivity index (χ1v) is 8.98. The van der Waals surface area contributed by atoms with Crippen molar-refractivity contribution in [2.45, 2.75) is 65.8 Å². The van der Waals surface area contributed by atoms with E-state index in [9.17, 15) is 9.59 Å². The number of tetrazole rings is 1. The van der Waals surface area contributed by atoms with Crippen molar-refractivity contribution in [3.63, 3.8) is 0 Å². The summed E-state index contributed by atoms with van der Waals surface area (Å²) in [6, 6.07) is -0.580. The predicted octanol–water partition coefficient (Wildman–Crippen LogP) is 2.42. The number of rotatable bonds is 4. The first-order chi connectivity index (χ1) is 12.5. The molecule has 0 N–H and O–H groups in total. The van der Waals surface area contributed by atoms with Gasteiger partial charge in [0.2, 0.25) is 0 Å². The van der Waals surface area contributed by atoms with E-state index in [1.165, 1.54) is 0 Å². The summed E-state index contributed by atoms with van der Waals surface area (Å²) in [5.41, 5.74) is 1.36. The molecule has 2 aromatic rings. The Kier molecular flexibility index (Phi) is 5.06. The maximum Gasteiger partial charge on any atom is 0.377 e. The van der Waals surface area contributed by atoms with Gasteiger partial charge < -0.3 is 4.52 Å². The average molecular weight is 360 g/mol. The van der Waals surface area contributed by atoms with Crippen LogP contribution in [0.4, 0.5) is 4.79 Å². The zero-order chi connectivity index (χ0) is 18.8. The third-order valence-corrected chi connectivity index (χ3v) is 4.51. The van der Waals surface area contributed by atoms with Crippen LogP contribution in [0.1, 0.15) is 57.9 Å². The quantitative estimate of drug-likeness (QED) is 0.777. The maximum absolute atomic E-state index is 13.0. The molecule has 0 aromatic carbocycles. The smallest absolute Gasteiger partial charge is 0.359 e. The van der Waals surface area contributed by atoms with E-state index in [0.29, 0.717) is 23.6 Å². The van der Waals surface area contributed by atoms with Gasteiger partial charge in [0.15, 0.2) is 5.76 Å². The number of aromatic nitrogens is 5. The van der Waals surface area contributed by atoms with Crippen LogP contribution in [0.15, 0.2) is 21.1 Å². The van der Waals surface area contributed by atoms with Crippen molar-refractivity contribution in [1.82, 2.24) is 29.8 Å². The lowest BCUT2D eigenvalue weighted by Gasteiger charge is -2.30. The fraction of sp³-hybridized carbons (Fsp3) is 0.588. The molecule has 0 bridgehead atoms. The van der Waals surface area contributed by atoms with Crippen molar-refractivity contribution in [3.05, 3.63) is 33.7 Å². The highest BCUT2D eigenvalue weighted by Crippen LogP contribution is 2.23. The molecule has 2 heterocycles. The lowest BCUT2D eigenvalue weighted by atomic mass is 10.0. The van der Waals surface area contributed by atoms with E-state index in [4.69, 9.17) is 4.52 Å². The Morgan fingerprint density at radius 1 is 1.35 bits per heavy atom. The number of hydrogen-bond donors (Lipinski definition) is 0. The molecule has 0 saturated carbocycles. The summed E-state index contributed by atoms with van der Waals surface area (Å²) >= 11 is 0. The topological polar surface area (TPSA) is 99.1 Å². The molecule has 9 nitrogen and oxygen atoms in total. The summed E-state index contributed by atoms with van der Waals surface area (Å²) in [5, 5.41) is 11.6. The number of nitrogens with zero attached hydrogens (tertiary/aromatic N) is 6. The monoisotopic (exact) mass is 360 g/mol. The molecular formula is C17H24N6O3. The van der Waals surface area contributed by atoms with Crippen LogP contribution >= 0.6 is 0 Å². The van der Waals surface area contributed by atoms with E-state index in [-0.39, 0.29) is 6.04 Å². The van der Waals surface area contributed by atoms with Crippen molar-refractivity contribution in [2.75, 3.05) is 0 Å². The lowest BCUT2D eigenvalue weighted by molar-refractivity contribution is 0.194. The highest BCUT2D eigenvalue weighted by atomic mass is 16.5. The number of allylic oxidation sites excluding steroid dienone is 2. The van der Waals surface area contributed by atoms with Gasteiger partial charge in [-0.25, -0.2) is 9.59 Å². The van der Waals surface area contributed by atoms with Crippen LogP contribution in [0, 0.1) is 6.92 Å². The van der Waals surface area contributed by atoms with Gasteiger partial charge in [0.05, 0.1) is 0 Å². The van der Waals surface area contributed by atoms with Crippen molar-refractivity contribution in [1.29, 1.82) is 0 Å². The highest BCUT2D eigenvalue weighted by Gasteiger charge is 2.28. The van der Waals surface area contributed by atoms with E-state index in [2.05, 4.69) is 21.7 Å². The summed E-state index contributed by atoms with van der Waals surface area (Å²) in [5.74, 6) is 0.458. The predicted molar refractivity (Wildman–Crippen MR) is 94.1 cm³/mol. The molecule has 0 unspecified atom stereocenters. The average Bonchev–Trinajstić information content (AvgIpc) is 3.17. The summed E-state index contributed by atoms with van der Waals surface area (Å²) in [4.78, 5) is 27.5. The van der Waals surface area contributed by atoms with Gasteiger partial charge in [-0.2, -0.15) is 4.68 Å². The Morgan fingerprint density at radius 2 is 2.12 bits per heavy atom. The summed E-state index contributed by atoms with van der Waals surface area (Å²) in [6.07, 6.45) is 6.54. The van der Waals surface area contributed by atoms with Crippen molar-refractivity contribution in [3.8, 4) is 5.69 Å². The van der Waals surface area contributed by atoms with Gasteiger partial charge in [-0.1, -0.05) is 18.2 Å². The third kappa shape index (κ3) is 3.09. The van der Waals surface area contributed by atoms with Crippen LogP contribution < -0.4 is 5.69 Å². The maximum atomic E-state index is 13.0. The summed E-state index contributed by atoms with van der Waals surface area (Å²) in [6.45, 7) is 7.43. The van der Waals surface area contributed by atoms with Crippen LogP contribution in [-0.2, 0) is 6.42 Å².